The average molecular weight is 361 g/mol. The topological polar surface area (TPSA) is 73.6 Å². The largest absolute Gasteiger partial charge is 0.331 e. The predicted octanol–water partition coefficient (Wildman–Crippen LogP) is 4.52. The molecule has 0 amide bonds. The molecule has 0 aliphatic carbocycles. The van der Waals surface area contributed by atoms with Gasteiger partial charge in [0.1, 0.15) is 5.82 Å². The first-order valence-electron chi connectivity index (χ1n) is 6.98. The maximum Gasteiger partial charge on any atom is 0.323 e. The summed E-state index contributed by atoms with van der Waals surface area (Å²) in [5.41, 5.74) is 3.56. The van der Waals surface area contributed by atoms with Gasteiger partial charge in [-0.3, -0.25) is 0 Å². The molecule has 0 aliphatic heterocycles. The molecular formula is C16H10ClFN4OS. The minimum absolute atomic E-state index is 0.0543. The molecule has 0 aliphatic rings. The number of imidazole rings is 1. The Balaban J connectivity index is 1.63. The monoisotopic (exact) mass is 360 g/mol. The number of nitrogens with one attached hydrogen (secondary N) is 3. The van der Waals surface area contributed by atoms with Gasteiger partial charge >= 0.3 is 5.69 Å². The molecule has 0 saturated heterocycles. The van der Waals surface area contributed by atoms with Crippen LogP contribution in [-0.4, -0.2) is 15.0 Å². The summed E-state index contributed by atoms with van der Waals surface area (Å²) in [6, 6.07) is 9.98. The molecule has 4 aromatic rings. The van der Waals surface area contributed by atoms with Crippen molar-refractivity contribution in [3.8, 4) is 11.3 Å². The number of nitrogens with zero attached hydrogens (tertiary/aromatic N) is 1. The first kappa shape index (κ1) is 14.9. The number of benzene rings is 2. The van der Waals surface area contributed by atoms with Gasteiger partial charge in [0.15, 0.2) is 5.13 Å². The van der Waals surface area contributed by atoms with Crippen molar-refractivity contribution in [3.05, 3.63) is 63.1 Å². The van der Waals surface area contributed by atoms with Gasteiger partial charge in [0.2, 0.25) is 0 Å². The summed E-state index contributed by atoms with van der Waals surface area (Å²) in [6.07, 6.45) is 0. The molecule has 3 N–H and O–H groups in total. The predicted molar refractivity (Wildman–Crippen MR) is 94.7 cm³/mol. The molecule has 0 fully saturated rings. The van der Waals surface area contributed by atoms with Crippen LogP contribution in [-0.2, 0) is 0 Å². The smallest absolute Gasteiger partial charge is 0.323 e. The summed E-state index contributed by atoms with van der Waals surface area (Å²) >= 11 is 7.20. The lowest BCUT2D eigenvalue weighted by Crippen LogP contribution is -1.99. The third kappa shape index (κ3) is 2.79. The Labute approximate surface area is 144 Å². The van der Waals surface area contributed by atoms with E-state index in [1.54, 1.807) is 6.07 Å². The van der Waals surface area contributed by atoms with E-state index in [0.717, 1.165) is 22.3 Å². The van der Waals surface area contributed by atoms with Gasteiger partial charge in [0, 0.05) is 16.6 Å². The molecule has 2 aromatic carbocycles. The molecule has 5 nitrogen and oxygen atoms in total. The van der Waals surface area contributed by atoms with Crippen molar-refractivity contribution in [2.75, 3.05) is 5.32 Å². The highest BCUT2D eigenvalue weighted by Gasteiger charge is 2.08. The number of hydrogen-bond acceptors (Lipinski definition) is 4. The van der Waals surface area contributed by atoms with Gasteiger partial charge in [-0.15, -0.1) is 11.3 Å². The fourth-order valence-electron chi connectivity index (χ4n) is 2.35. The molecular weight excluding hydrogens is 351 g/mol. The van der Waals surface area contributed by atoms with Crippen molar-refractivity contribution in [1.82, 2.24) is 15.0 Å². The van der Waals surface area contributed by atoms with Gasteiger partial charge in [-0.25, -0.2) is 14.2 Å². The maximum absolute atomic E-state index is 13.2. The van der Waals surface area contributed by atoms with Gasteiger partial charge in [-0.05, 0) is 30.3 Å². The van der Waals surface area contributed by atoms with Gasteiger partial charge in [-0.1, -0.05) is 17.7 Å². The van der Waals surface area contributed by atoms with Crippen LogP contribution in [0.3, 0.4) is 0 Å². The van der Waals surface area contributed by atoms with Crippen molar-refractivity contribution in [2.45, 2.75) is 0 Å². The molecule has 0 spiro atoms. The van der Waals surface area contributed by atoms with Crippen LogP contribution in [0.2, 0.25) is 5.02 Å². The molecule has 0 bridgehead atoms. The Morgan fingerprint density at radius 1 is 1.12 bits per heavy atom. The van der Waals surface area contributed by atoms with Crippen LogP contribution in [0.5, 0.6) is 0 Å². The highest BCUT2D eigenvalue weighted by Crippen LogP contribution is 2.29. The quantitative estimate of drug-likeness (QED) is 0.503. The Morgan fingerprint density at radius 3 is 2.79 bits per heavy atom. The zero-order valence-electron chi connectivity index (χ0n) is 12.1. The SMILES string of the molecule is O=c1[nH]c2ccc(-c3csc(Nc4ccc(F)c(Cl)c4)n3)cc2[nH]1. The Morgan fingerprint density at radius 2 is 1.96 bits per heavy atom. The van der Waals surface area contributed by atoms with E-state index >= 15 is 0 Å². The normalized spacial score (nSPS) is 11.1. The lowest BCUT2D eigenvalue weighted by Gasteiger charge is -2.03. The van der Waals surface area contributed by atoms with E-state index in [1.807, 2.05) is 23.6 Å². The van der Waals surface area contributed by atoms with E-state index in [0.29, 0.717) is 10.8 Å². The first-order chi connectivity index (χ1) is 11.6. The number of fused-ring (bicyclic) bond motifs is 1. The fraction of sp³-hybridized carbons (Fsp3) is 0. The van der Waals surface area contributed by atoms with E-state index in [4.69, 9.17) is 11.6 Å². The van der Waals surface area contributed by atoms with Crippen LogP contribution >= 0.6 is 22.9 Å². The second-order valence-electron chi connectivity index (χ2n) is 5.13. The molecule has 0 atom stereocenters. The van der Waals surface area contributed by atoms with E-state index in [9.17, 15) is 9.18 Å². The molecule has 0 radical (unpaired) electrons. The minimum atomic E-state index is -0.462. The van der Waals surface area contributed by atoms with Gasteiger partial charge in [0.25, 0.3) is 0 Å². The van der Waals surface area contributed by atoms with Crippen LogP contribution in [0, 0.1) is 5.82 Å². The summed E-state index contributed by atoms with van der Waals surface area (Å²) in [4.78, 5) is 21.3. The average Bonchev–Trinajstić information content (AvgIpc) is 3.15. The zero-order valence-corrected chi connectivity index (χ0v) is 13.6. The molecule has 2 aromatic heterocycles. The van der Waals surface area contributed by atoms with E-state index < -0.39 is 5.82 Å². The lowest BCUT2D eigenvalue weighted by atomic mass is 10.1. The number of halogens is 2. The highest BCUT2D eigenvalue weighted by molar-refractivity contribution is 7.14. The van der Waals surface area contributed by atoms with E-state index in [2.05, 4.69) is 20.3 Å². The number of hydrogen-bond donors (Lipinski definition) is 3. The van der Waals surface area contributed by atoms with Gasteiger partial charge in [0.05, 0.1) is 21.7 Å². The summed E-state index contributed by atoms with van der Waals surface area (Å²) in [6.45, 7) is 0. The van der Waals surface area contributed by atoms with Crippen molar-refractivity contribution >= 4 is 44.8 Å². The number of rotatable bonds is 3. The number of aromatic amines is 2. The highest BCUT2D eigenvalue weighted by atomic mass is 35.5. The Bertz CT molecular complexity index is 1100. The second-order valence-corrected chi connectivity index (χ2v) is 6.40. The van der Waals surface area contributed by atoms with E-state index in [-0.39, 0.29) is 10.7 Å². The van der Waals surface area contributed by atoms with E-state index in [1.165, 1.54) is 23.5 Å². The molecule has 4 rings (SSSR count). The number of anilines is 2. The van der Waals surface area contributed by atoms with Gasteiger partial charge < -0.3 is 15.3 Å². The van der Waals surface area contributed by atoms with Crippen LogP contribution in [0.1, 0.15) is 0 Å². The van der Waals surface area contributed by atoms with Crippen molar-refractivity contribution in [3.63, 3.8) is 0 Å². The van der Waals surface area contributed by atoms with Gasteiger partial charge in [-0.2, -0.15) is 0 Å². The van der Waals surface area contributed by atoms with Crippen molar-refractivity contribution in [1.29, 1.82) is 0 Å². The van der Waals surface area contributed by atoms with Crippen molar-refractivity contribution in [2.24, 2.45) is 0 Å². The first-order valence-corrected chi connectivity index (χ1v) is 8.24. The maximum atomic E-state index is 13.2. The summed E-state index contributed by atoms with van der Waals surface area (Å²) in [5, 5.41) is 5.71. The molecule has 2 heterocycles. The molecule has 0 saturated carbocycles. The Hall–Kier alpha value is -2.64. The fourth-order valence-corrected chi connectivity index (χ4v) is 3.27. The standard InChI is InChI=1S/C16H10ClFN4OS/c17-10-6-9(2-3-11(10)18)19-16-22-14(7-24-16)8-1-4-12-13(5-8)21-15(23)20-12/h1-7H,(H,19,22)(H2,20,21,23). The molecule has 24 heavy (non-hydrogen) atoms. The third-order valence-electron chi connectivity index (χ3n) is 3.49. The number of aromatic nitrogens is 3. The summed E-state index contributed by atoms with van der Waals surface area (Å²) in [7, 11) is 0. The van der Waals surface area contributed by atoms with Crippen molar-refractivity contribution < 1.29 is 4.39 Å². The van der Waals surface area contributed by atoms with Crippen LogP contribution in [0.4, 0.5) is 15.2 Å². The summed E-state index contributed by atoms with van der Waals surface area (Å²) in [5.74, 6) is -0.462. The summed E-state index contributed by atoms with van der Waals surface area (Å²) < 4.78 is 13.2. The minimum Gasteiger partial charge on any atom is -0.331 e. The lowest BCUT2D eigenvalue weighted by molar-refractivity contribution is 0.628. The molecule has 8 heteroatoms. The molecule has 0 unspecified atom stereocenters. The third-order valence-corrected chi connectivity index (χ3v) is 4.53. The van der Waals surface area contributed by atoms with Crippen LogP contribution < -0.4 is 11.0 Å². The number of H-pyrrole nitrogens is 2. The molecule has 120 valence electrons. The van der Waals surface area contributed by atoms with Crippen LogP contribution in [0.15, 0.2) is 46.6 Å². The zero-order chi connectivity index (χ0) is 16.7. The number of thiazole rings is 1. The Kier molecular flexibility index (Phi) is 3.59. The van der Waals surface area contributed by atoms with Crippen LogP contribution in [0.25, 0.3) is 22.3 Å². The second kappa shape index (κ2) is 5.77.